The number of ether oxygens (including phenoxy) is 1. The number of hydrogen-bond acceptors (Lipinski definition) is 8. The van der Waals surface area contributed by atoms with Gasteiger partial charge >= 0.3 is 0 Å². The summed E-state index contributed by atoms with van der Waals surface area (Å²) >= 11 is 0. The Hall–Kier alpha value is -2.21. The lowest BCUT2D eigenvalue weighted by Crippen LogP contribution is -2.56. The van der Waals surface area contributed by atoms with Crippen molar-refractivity contribution in [3.8, 4) is 5.75 Å². The molecular weight excluding hydrogens is 408 g/mol. The quantitative estimate of drug-likeness (QED) is 0.662. The first kappa shape index (κ1) is 22.5. The second kappa shape index (κ2) is 8.14. The Morgan fingerprint density at radius 2 is 1.73 bits per heavy atom. The van der Waals surface area contributed by atoms with E-state index in [4.69, 9.17) is 16.3 Å². The smallest absolute Gasteiger partial charge is 0.276 e. The first-order chi connectivity index (χ1) is 13.9. The van der Waals surface area contributed by atoms with Crippen molar-refractivity contribution in [2.24, 2.45) is 22.5 Å². The van der Waals surface area contributed by atoms with E-state index in [9.17, 15) is 13.2 Å². The van der Waals surface area contributed by atoms with Gasteiger partial charge in [0.2, 0.25) is 16.0 Å². The molecule has 0 aliphatic carbocycles. The number of hydrazine groups is 2. The topological polar surface area (TPSA) is 135 Å². The highest BCUT2D eigenvalue weighted by molar-refractivity contribution is 7.88. The molecule has 1 amide bonds. The highest BCUT2D eigenvalue weighted by Crippen LogP contribution is 2.29. The van der Waals surface area contributed by atoms with Gasteiger partial charge < -0.3 is 10.5 Å². The number of piperidine rings is 1. The van der Waals surface area contributed by atoms with E-state index in [0.717, 1.165) is 5.01 Å². The zero-order valence-electron chi connectivity index (χ0n) is 17.8. The zero-order chi connectivity index (χ0) is 22.3. The van der Waals surface area contributed by atoms with Crippen molar-refractivity contribution < 1.29 is 17.9 Å². The fourth-order valence-corrected chi connectivity index (χ4v) is 4.54. The number of nitrogens with two attached hydrogens (primary N) is 2. The number of hydrogen-bond donors (Lipinski definition) is 2. The van der Waals surface area contributed by atoms with Crippen LogP contribution in [0.15, 0.2) is 29.3 Å². The molecule has 0 saturated carbocycles. The normalized spacial score (nSPS) is 22.2. The summed E-state index contributed by atoms with van der Waals surface area (Å²) in [6.45, 7) is 6.62. The molecule has 166 valence electrons. The predicted octanol–water partition coefficient (Wildman–Crippen LogP) is 0.723. The molecule has 11 heteroatoms. The molecule has 0 radical (unpaired) electrons. The molecular formula is C19H30N6O4S. The van der Waals surface area contributed by atoms with Gasteiger partial charge in [0.15, 0.2) is 0 Å². The third-order valence-electron chi connectivity index (χ3n) is 5.09. The van der Waals surface area contributed by atoms with Crippen LogP contribution in [0, 0.1) is 5.92 Å². The number of benzene rings is 1. The summed E-state index contributed by atoms with van der Waals surface area (Å²) < 4.78 is 30.6. The fraction of sp³-hybridized carbons (Fsp3) is 0.579. The van der Waals surface area contributed by atoms with Crippen LogP contribution in [0.2, 0.25) is 0 Å². The van der Waals surface area contributed by atoms with E-state index < -0.39 is 22.1 Å². The molecule has 30 heavy (non-hydrogen) atoms. The van der Waals surface area contributed by atoms with Gasteiger partial charge in [0.05, 0.1) is 6.26 Å². The Balaban J connectivity index is 1.68. The standard InChI is InChI=1S/C19H30N6O4S/c1-19(2,3)29-15-7-5-14(6-8-15)17(26)24-18(20)22-16(25(24)21)13-9-11-23(12-10-13)30(4,27)28/h5-8,13,16H,9-12,21H2,1-4H3,(H2,20,22). The van der Waals surface area contributed by atoms with Crippen LogP contribution >= 0.6 is 0 Å². The third kappa shape index (κ3) is 4.91. The van der Waals surface area contributed by atoms with Gasteiger partial charge in [-0.15, -0.1) is 5.12 Å². The van der Waals surface area contributed by atoms with Gasteiger partial charge in [-0.25, -0.2) is 23.6 Å². The SMILES string of the molecule is CC(C)(C)Oc1ccc(C(=O)N2C(N)=NC(C3CCN(S(C)(=O)=O)CC3)N2N)cc1. The van der Waals surface area contributed by atoms with Crippen LogP contribution in [0.25, 0.3) is 0 Å². The first-order valence-electron chi connectivity index (χ1n) is 9.82. The van der Waals surface area contributed by atoms with E-state index in [0.29, 0.717) is 37.2 Å². The van der Waals surface area contributed by atoms with E-state index >= 15 is 0 Å². The summed E-state index contributed by atoms with van der Waals surface area (Å²) in [4.78, 5) is 17.4. The lowest BCUT2D eigenvalue weighted by molar-refractivity contribution is -0.00150. The summed E-state index contributed by atoms with van der Waals surface area (Å²) in [6.07, 6.45) is 1.86. The average Bonchev–Trinajstić information content (AvgIpc) is 2.94. The van der Waals surface area contributed by atoms with Crippen LogP contribution in [0.5, 0.6) is 5.75 Å². The molecule has 1 saturated heterocycles. The number of nitrogens with zero attached hydrogens (tertiary/aromatic N) is 4. The highest BCUT2D eigenvalue weighted by Gasteiger charge is 2.41. The van der Waals surface area contributed by atoms with Crippen molar-refractivity contribution >= 4 is 21.9 Å². The van der Waals surface area contributed by atoms with Gasteiger partial charge in [0, 0.05) is 24.6 Å². The molecule has 0 aromatic heterocycles. The second-order valence-corrected chi connectivity index (χ2v) is 10.6. The number of guanidine groups is 1. The van der Waals surface area contributed by atoms with E-state index in [1.165, 1.54) is 15.7 Å². The number of rotatable bonds is 4. The number of sulfonamides is 1. The Morgan fingerprint density at radius 3 is 2.23 bits per heavy atom. The van der Waals surface area contributed by atoms with E-state index in [2.05, 4.69) is 4.99 Å². The number of aliphatic imine (C=N–C) groups is 1. The van der Waals surface area contributed by atoms with Crippen molar-refractivity contribution in [1.82, 2.24) is 14.4 Å². The number of amides is 1. The molecule has 1 aromatic carbocycles. The van der Waals surface area contributed by atoms with Crippen LogP contribution in [0.3, 0.4) is 0 Å². The lowest BCUT2D eigenvalue weighted by atomic mass is 9.95. The van der Waals surface area contributed by atoms with Gasteiger partial charge in [-0.1, -0.05) is 0 Å². The Morgan fingerprint density at radius 1 is 1.17 bits per heavy atom. The van der Waals surface area contributed by atoms with Crippen LogP contribution in [-0.2, 0) is 10.0 Å². The largest absolute Gasteiger partial charge is 0.488 e. The summed E-state index contributed by atoms with van der Waals surface area (Å²) in [6, 6.07) is 6.76. The van der Waals surface area contributed by atoms with Gasteiger partial charge in [-0.2, -0.15) is 5.01 Å². The molecule has 2 heterocycles. The van der Waals surface area contributed by atoms with Gasteiger partial charge in [0.25, 0.3) is 5.91 Å². The average molecular weight is 439 g/mol. The molecule has 4 N–H and O–H groups in total. The van der Waals surface area contributed by atoms with Gasteiger partial charge in [-0.3, -0.25) is 4.79 Å². The van der Waals surface area contributed by atoms with Crippen LogP contribution in [-0.4, -0.2) is 65.8 Å². The molecule has 0 bridgehead atoms. The third-order valence-corrected chi connectivity index (χ3v) is 6.39. The summed E-state index contributed by atoms with van der Waals surface area (Å²) in [5.74, 6) is 6.48. The van der Waals surface area contributed by atoms with E-state index in [1.807, 2.05) is 20.8 Å². The maximum atomic E-state index is 13.0. The van der Waals surface area contributed by atoms with Crippen LogP contribution in [0.4, 0.5) is 0 Å². The highest BCUT2D eigenvalue weighted by atomic mass is 32.2. The van der Waals surface area contributed by atoms with Gasteiger partial charge in [0.1, 0.15) is 17.5 Å². The zero-order valence-corrected chi connectivity index (χ0v) is 18.6. The molecule has 2 aliphatic rings. The van der Waals surface area contributed by atoms with E-state index in [-0.39, 0.29) is 17.5 Å². The molecule has 10 nitrogen and oxygen atoms in total. The van der Waals surface area contributed by atoms with Crippen LogP contribution in [0.1, 0.15) is 44.0 Å². The monoisotopic (exact) mass is 438 g/mol. The van der Waals surface area contributed by atoms with Crippen molar-refractivity contribution in [2.75, 3.05) is 19.3 Å². The minimum Gasteiger partial charge on any atom is -0.488 e. The number of carbonyl (C=O) groups excluding carboxylic acids is 1. The van der Waals surface area contributed by atoms with Crippen molar-refractivity contribution in [1.29, 1.82) is 0 Å². The number of carbonyl (C=O) groups is 1. The van der Waals surface area contributed by atoms with Crippen molar-refractivity contribution in [3.63, 3.8) is 0 Å². The minimum absolute atomic E-state index is 0.00749. The second-order valence-electron chi connectivity index (χ2n) is 8.64. The maximum absolute atomic E-state index is 13.0. The van der Waals surface area contributed by atoms with Crippen LogP contribution < -0.4 is 16.3 Å². The maximum Gasteiger partial charge on any atom is 0.276 e. The fourth-order valence-electron chi connectivity index (χ4n) is 3.66. The molecule has 0 spiro atoms. The Labute approximate surface area is 177 Å². The van der Waals surface area contributed by atoms with E-state index in [1.54, 1.807) is 24.3 Å². The molecule has 1 atom stereocenters. The Kier molecular flexibility index (Phi) is 6.10. The molecule has 3 rings (SSSR count). The molecule has 2 aliphatic heterocycles. The Bertz CT molecular complexity index is 917. The summed E-state index contributed by atoms with van der Waals surface area (Å²) in [5, 5.41) is 2.41. The summed E-state index contributed by atoms with van der Waals surface area (Å²) in [5.41, 5.74) is 6.08. The summed E-state index contributed by atoms with van der Waals surface area (Å²) in [7, 11) is -3.22. The van der Waals surface area contributed by atoms with Crippen molar-refractivity contribution in [2.45, 2.75) is 45.4 Å². The lowest BCUT2D eigenvalue weighted by Gasteiger charge is -2.35. The van der Waals surface area contributed by atoms with Crippen molar-refractivity contribution in [3.05, 3.63) is 29.8 Å². The molecule has 1 fully saturated rings. The minimum atomic E-state index is -3.22. The predicted molar refractivity (Wildman–Crippen MR) is 114 cm³/mol. The molecule has 1 aromatic rings. The first-order valence-corrected chi connectivity index (χ1v) is 11.7. The van der Waals surface area contributed by atoms with Gasteiger partial charge in [-0.05, 0) is 57.9 Å². The molecule has 1 unspecified atom stereocenters.